The highest BCUT2D eigenvalue weighted by molar-refractivity contribution is 9.10. The van der Waals surface area contributed by atoms with E-state index in [1.807, 2.05) is 95.7 Å². The predicted octanol–water partition coefficient (Wildman–Crippen LogP) is 5.22. The summed E-state index contributed by atoms with van der Waals surface area (Å²) in [5, 5.41) is 1.47. The SMILES string of the molecule is CCOC(=O)C1=CCN(P(=O)(c2ccccc2)c2ccccc2)[C@H]1c1cccc(Br)c1. The standard InChI is InChI=1S/C25H23BrNO3P/c1-2-30-25(28)23-16-17-27(24(23)19-10-9-11-20(26)18-19)31(29,21-12-5-3-6-13-21)22-14-7-4-8-15-22/h3-16,18,24H,2,17H2,1H3/t24-/m0/s1. The van der Waals surface area contributed by atoms with Crippen LogP contribution in [0.5, 0.6) is 0 Å². The van der Waals surface area contributed by atoms with E-state index < -0.39 is 13.3 Å². The lowest BCUT2D eigenvalue weighted by Gasteiger charge is -2.35. The lowest BCUT2D eigenvalue weighted by molar-refractivity contribution is -0.138. The zero-order chi connectivity index (χ0) is 21.8. The monoisotopic (exact) mass is 495 g/mol. The Kier molecular flexibility index (Phi) is 6.57. The molecule has 3 aromatic carbocycles. The molecule has 31 heavy (non-hydrogen) atoms. The fourth-order valence-corrected chi connectivity index (χ4v) is 7.35. The van der Waals surface area contributed by atoms with Crippen molar-refractivity contribution >= 4 is 39.8 Å². The van der Waals surface area contributed by atoms with Gasteiger partial charge in [0, 0.05) is 21.6 Å². The molecule has 1 atom stereocenters. The summed E-state index contributed by atoms with van der Waals surface area (Å²) in [6.07, 6.45) is 1.85. The maximum absolute atomic E-state index is 14.9. The zero-order valence-corrected chi connectivity index (χ0v) is 19.6. The first-order chi connectivity index (χ1) is 15.1. The fraction of sp³-hybridized carbons (Fsp3) is 0.160. The van der Waals surface area contributed by atoms with E-state index in [1.165, 1.54) is 0 Å². The molecule has 1 heterocycles. The molecule has 0 fully saturated rings. The van der Waals surface area contributed by atoms with E-state index in [0.717, 1.165) is 20.6 Å². The molecule has 1 aliphatic rings. The van der Waals surface area contributed by atoms with E-state index in [4.69, 9.17) is 4.74 Å². The number of ether oxygens (including phenoxy) is 1. The highest BCUT2D eigenvalue weighted by atomic mass is 79.9. The predicted molar refractivity (Wildman–Crippen MR) is 128 cm³/mol. The van der Waals surface area contributed by atoms with Crippen molar-refractivity contribution in [3.8, 4) is 0 Å². The lowest BCUT2D eigenvalue weighted by Crippen LogP contribution is -2.34. The van der Waals surface area contributed by atoms with Crippen molar-refractivity contribution in [2.75, 3.05) is 13.2 Å². The van der Waals surface area contributed by atoms with Crippen LogP contribution < -0.4 is 10.6 Å². The molecule has 0 radical (unpaired) electrons. The molecule has 0 spiro atoms. The molecule has 1 aliphatic heterocycles. The van der Waals surface area contributed by atoms with Crippen LogP contribution in [0.2, 0.25) is 0 Å². The maximum atomic E-state index is 14.9. The molecule has 0 saturated heterocycles. The normalized spacial score (nSPS) is 16.7. The average Bonchev–Trinajstić information content (AvgIpc) is 3.26. The molecule has 6 heteroatoms. The number of hydrogen-bond acceptors (Lipinski definition) is 3. The van der Waals surface area contributed by atoms with Crippen LogP contribution in [0.3, 0.4) is 0 Å². The molecule has 0 unspecified atom stereocenters. The van der Waals surface area contributed by atoms with E-state index in [-0.39, 0.29) is 12.6 Å². The Morgan fingerprint density at radius 1 is 1.00 bits per heavy atom. The van der Waals surface area contributed by atoms with Crippen LogP contribution >= 0.6 is 23.2 Å². The summed E-state index contributed by atoms with van der Waals surface area (Å²) in [5.41, 5.74) is 1.41. The molecule has 0 N–H and O–H groups in total. The molecule has 158 valence electrons. The van der Waals surface area contributed by atoms with Gasteiger partial charge in [0.25, 0.3) is 0 Å². The van der Waals surface area contributed by atoms with Gasteiger partial charge in [0.2, 0.25) is 7.29 Å². The van der Waals surface area contributed by atoms with Crippen molar-refractivity contribution in [2.24, 2.45) is 0 Å². The smallest absolute Gasteiger partial charge is 0.335 e. The molecular formula is C25H23BrNO3P. The third kappa shape index (κ3) is 4.18. The second-order valence-electron chi connectivity index (χ2n) is 7.21. The summed E-state index contributed by atoms with van der Waals surface area (Å²) in [7, 11) is -3.25. The highest BCUT2D eigenvalue weighted by Crippen LogP contribution is 2.55. The highest BCUT2D eigenvalue weighted by Gasteiger charge is 2.45. The Hall–Kier alpha value is -2.46. The minimum Gasteiger partial charge on any atom is -0.463 e. The van der Waals surface area contributed by atoms with Gasteiger partial charge in [-0.15, -0.1) is 0 Å². The van der Waals surface area contributed by atoms with E-state index in [0.29, 0.717) is 12.1 Å². The summed E-state index contributed by atoms with van der Waals surface area (Å²) >= 11 is 3.53. The number of nitrogens with zero attached hydrogens (tertiary/aromatic N) is 1. The van der Waals surface area contributed by atoms with Gasteiger partial charge < -0.3 is 4.74 Å². The van der Waals surface area contributed by atoms with Crippen LogP contribution in [-0.2, 0) is 14.1 Å². The fourth-order valence-electron chi connectivity index (χ4n) is 3.99. The molecule has 0 saturated carbocycles. The summed E-state index contributed by atoms with van der Waals surface area (Å²) in [6, 6.07) is 26.3. The van der Waals surface area contributed by atoms with Crippen molar-refractivity contribution in [2.45, 2.75) is 13.0 Å². The van der Waals surface area contributed by atoms with Crippen molar-refractivity contribution in [1.29, 1.82) is 0 Å². The zero-order valence-electron chi connectivity index (χ0n) is 17.1. The van der Waals surface area contributed by atoms with Gasteiger partial charge in [-0.1, -0.05) is 70.5 Å². The van der Waals surface area contributed by atoms with Gasteiger partial charge in [0.15, 0.2) is 0 Å². The Balaban J connectivity index is 1.90. The Morgan fingerprint density at radius 3 is 2.16 bits per heavy atom. The van der Waals surface area contributed by atoms with Crippen LogP contribution in [0, 0.1) is 0 Å². The third-order valence-electron chi connectivity index (χ3n) is 5.34. The topological polar surface area (TPSA) is 46.6 Å². The van der Waals surface area contributed by atoms with Crippen LogP contribution in [0.25, 0.3) is 0 Å². The van der Waals surface area contributed by atoms with Crippen LogP contribution in [-0.4, -0.2) is 23.8 Å². The van der Waals surface area contributed by atoms with Crippen molar-refractivity contribution < 1.29 is 14.1 Å². The van der Waals surface area contributed by atoms with Gasteiger partial charge in [-0.2, -0.15) is 0 Å². The van der Waals surface area contributed by atoms with Crippen LogP contribution in [0.15, 0.2) is 101 Å². The largest absolute Gasteiger partial charge is 0.463 e. The van der Waals surface area contributed by atoms with E-state index in [9.17, 15) is 9.36 Å². The first-order valence-electron chi connectivity index (χ1n) is 10.2. The second-order valence-corrected chi connectivity index (χ2v) is 10.8. The lowest BCUT2D eigenvalue weighted by atomic mass is 10.0. The number of carbonyl (C=O) groups excluding carboxylic acids is 1. The maximum Gasteiger partial charge on any atom is 0.335 e. The molecule has 0 aliphatic carbocycles. The van der Waals surface area contributed by atoms with Gasteiger partial charge in [-0.25, -0.2) is 9.46 Å². The summed E-state index contributed by atoms with van der Waals surface area (Å²) in [4.78, 5) is 12.8. The molecule has 0 bridgehead atoms. The second kappa shape index (κ2) is 9.35. The quantitative estimate of drug-likeness (QED) is 0.347. The minimum atomic E-state index is -3.25. The van der Waals surface area contributed by atoms with Crippen molar-refractivity contribution in [3.05, 3.63) is 107 Å². The Morgan fingerprint density at radius 2 is 1.61 bits per heavy atom. The Bertz CT molecular complexity index is 1100. The van der Waals surface area contributed by atoms with Gasteiger partial charge in [0.1, 0.15) is 0 Å². The van der Waals surface area contributed by atoms with Crippen molar-refractivity contribution in [1.82, 2.24) is 4.67 Å². The number of esters is 1. The summed E-state index contributed by atoms with van der Waals surface area (Å²) in [6.45, 7) is 2.46. The van der Waals surface area contributed by atoms with Gasteiger partial charge in [-0.3, -0.25) is 4.57 Å². The van der Waals surface area contributed by atoms with E-state index in [1.54, 1.807) is 6.92 Å². The number of halogens is 1. The number of carbonyl (C=O) groups is 1. The van der Waals surface area contributed by atoms with Crippen molar-refractivity contribution in [3.63, 3.8) is 0 Å². The average molecular weight is 496 g/mol. The van der Waals surface area contributed by atoms with E-state index >= 15 is 0 Å². The number of rotatable bonds is 6. The first kappa shape index (κ1) is 21.8. The number of benzene rings is 3. The summed E-state index contributed by atoms with van der Waals surface area (Å²) < 4.78 is 23.1. The molecule has 0 aromatic heterocycles. The van der Waals surface area contributed by atoms with Gasteiger partial charge in [-0.05, 0) is 48.9 Å². The number of hydrogen-bond donors (Lipinski definition) is 0. The molecule has 0 amide bonds. The molecule has 4 rings (SSSR count). The Labute approximate surface area is 191 Å². The van der Waals surface area contributed by atoms with Crippen LogP contribution in [0.4, 0.5) is 0 Å². The van der Waals surface area contributed by atoms with Gasteiger partial charge in [0.05, 0.1) is 18.2 Å². The van der Waals surface area contributed by atoms with Gasteiger partial charge >= 0.3 is 5.97 Å². The third-order valence-corrected chi connectivity index (χ3v) is 8.95. The molecule has 4 nitrogen and oxygen atoms in total. The molecular weight excluding hydrogens is 473 g/mol. The van der Waals surface area contributed by atoms with Crippen LogP contribution in [0.1, 0.15) is 18.5 Å². The summed E-state index contributed by atoms with van der Waals surface area (Å²) in [5.74, 6) is -0.373. The molecule has 3 aromatic rings. The van der Waals surface area contributed by atoms with E-state index in [2.05, 4.69) is 15.9 Å². The minimum absolute atomic E-state index is 0.288. The first-order valence-corrected chi connectivity index (χ1v) is 12.6.